The zero-order valence-corrected chi connectivity index (χ0v) is 20.2. The van der Waals surface area contributed by atoms with Gasteiger partial charge < -0.3 is 9.52 Å². The van der Waals surface area contributed by atoms with Gasteiger partial charge in [-0.3, -0.25) is 9.69 Å². The second kappa shape index (κ2) is 10.1. The molecule has 178 valence electrons. The summed E-state index contributed by atoms with van der Waals surface area (Å²) in [6.07, 6.45) is 1.73. The first kappa shape index (κ1) is 23.4. The molecule has 0 saturated carbocycles. The lowest BCUT2D eigenvalue weighted by Gasteiger charge is -2.15. The van der Waals surface area contributed by atoms with Gasteiger partial charge in [0.15, 0.2) is 5.17 Å². The molecule has 0 unspecified atom stereocenters. The second-order valence-corrected chi connectivity index (χ2v) is 9.26. The molecule has 1 aliphatic rings. The number of carboxylic acid groups (broad SMARTS) is 1. The second-order valence-electron chi connectivity index (χ2n) is 8.25. The number of carboxylic acids is 1. The number of aromatic carboxylic acids is 1. The topological polar surface area (TPSA) is 83.1 Å². The number of amidine groups is 1. The Morgan fingerprint density at radius 2 is 1.72 bits per heavy atom. The van der Waals surface area contributed by atoms with Gasteiger partial charge in [0.1, 0.15) is 11.5 Å². The summed E-state index contributed by atoms with van der Waals surface area (Å²) in [6, 6.07) is 27.9. The van der Waals surface area contributed by atoms with Crippen LogP contribution >= 0.6 is 11.8 Å². The van der Waals surface area contributed by atoms with Crippen LogP contribution in [0.1, 0.15) is 27.2 Å². The number of amides is 1. The number of carbonyl (C=O) groups excluding carboxylic acids is 1. The van der Waals surface area contributed by atoms with Crippen LogP contribution < -0.4 is 0 Å². The number of para-hydroxylation sites is 1. The quantitative estimate of drug-likeness (QED) is 0.300. The van der Waals surface area contributed by atoms with Gasteiger partial charge in [0.05, 0.1) is 22.7 Å². The highest BCUT2D eigenvalue weighted by Gasteiger charge is 2.33. The van der Waals surface area contributed by atoms with Crippen molar-refractivity contribution in [3.63, 3.8) is 0 Å². The van der Waals surface area contributed by atoms with Crippen LogP contribution in [0.5, 0.6) is 0 Å². The van der Waals surface area contributed by atoms with Crippen molar-refractivity contribution in [2.24, 2.45) is 4.99 Å². The van der Waals surface area contributed by atoms with Crippen molar-refractivity contribution in [2.45, 2.75) is 13.5 Å². The third-order valence-electron chi connectivity index (χ3n) is 5.69. The van der Waals surface area contributed by atoms with Crippen LogP contribution in [0, 0.1) is 6.92 Å². The average molecular weight is 495 g/mol. The van der Waals surface area contributed by atoms with E-state index in [1.165, 1.54) is 11.8 Å². The van der Waals surface area contributed by atoms with Gasteiger partial charge in [0.25, 0.3) is 5.91 Å². The van der Waals surface area contributed by atoms with Gasteiger partial charge in [-0.25, -0.2) is 9.79 Å². The fraction of sp³-hybridized carbons (Fsp3) is 0.0690. The SMILES string of the molecule is Cc1cc(C(=O)O)ccc1-c1ccc(/C=C2\SC(=Nc3ccccc3)N(Cc3ccccc3)C2=O)o1. The van der Waals surface area contributed by atoms with Gasteiger partial charge in [-0.15, -0.1) is 0 Å². The van der Waals surface area contributed by atoms with E-state index >= 15 is 0 Å². The highest BCUT2D eigenvalue weighted by molar-refractivity contribution is 8.18. The molecule has 0 aliphatic carbocycles. The van der Waals surface area contributed by atoms with Crippen LogP contribution in [0.25, 0.3) is 17.4 Å². The molecule has 1 fully saturated rings. The lowest BCUT2D eigenvalue weighted by molar-refractivity contribution is -0.122. The fourth-order valence-corrected chi connectivity index (χ4v) is 4.87. The minimum atomic E-state index is -0.973. The molecule has 6 nitrogen and oxygen atoms in total. The van der Waals surface area contributed by atoms with Crippen molar-refractivity contribution >= 4 is 40.6 Å². The summed E-state index contributed by atoms with van der Waals surface area (Å²) in [7, 11) is 0. The van der Waals surface area contributed by atoms with Crippen LogP contribution in [0.4, 0.5) is 5.69 Å². The molecule has 7 heteroatoms. The largest absolute Gasteiger partial charge is 0.478 e. The van der Waals surface area contributed by atoms with Gasteiger partial charge in [0.2, 0.25) is 0 Å². The number of nitrogens with zero attached hydrogens (tertiary/aromatic N) is 2. The third-order valence-corrected chi connectivity index (χ3v) is 6.70. The fourth-order valence-electron chi connectivity index (χ4n) is 3.89. The Morgan fingerprint density at radius 3 is 2.42 bits per heavy atom. The zero-order valence-electron chi connectivity index (χ0n) is 19.4. The number of aliphatic imine (C=N–C) groups is 1. The van der Waals surface area contributed by atoms with Crippen molar-refractivity contribution in [1.29, 1.82) is 0 Å². The molecule has 3 aromatic carbocycles. The van der Waals surface area contributed by atoms with E-state index in [1.54, 1.807) is 35.2 Å². The molecule has 0 radical (unpaired) electrons. The zero-order chi connectivity index (χ0) is 25.1. The predicted octanol–water partition coefficient (Wildman–Crippen LogP) is 6.76. The van der Waals surface area contributed by atoms with Crippen molar-refractivity contribution in [3.05, 3.63) is 118 Å². The van der Waals surface area contributed by atoms with E-state index in [9.17, 15) is 14.7 Å². The maximum atomic E-state index is 13.4. The number of benzene rings is 3. The molecule has 1 amide bonds. The van der Waals surface area contributed by atoms with E-state index in [4.69, 9.17) is 9.41 Å². The number of rotatable bonds is 6. The summed E-state index contributed by atoms with van der Waals surface area (Å²) < 4.78 is 6.02. The van der Waals surface area contributed by atoms with Crippen LogP contribution in [-0.2, 0) is 11.3 Å². The van der Waals surface area contributed by atoms with E-state index in [1.807, 2.05) is 73.7 Å². The number of thioether (sulfide) groups is 1. The number of hydrogen-bond acceptors (Lipinski definition) is 5. The summed E-state index contributed by atoms with van der Waals surface area (Å²) in [5.74, 6) is 0.0204. The summed E-state index contributed by atoms with van der Waals surface area (Å²) in [5, 5.41) is 9.81. The van der Waals surface area contributed by atoms with Crippen LogP contribution in [0.3, 0.4) is 0 Å². The maximum absolute atomic E-state index is 13.4. The average Bonchev–Trinajstić information content (AvgIpc) is 3.45. The molecule has 36 heavy (non-hydrogen) atoms. The third kappa shape index (κ3) is 5.01. The minimum Gasteiger partial charge on any atom is -0.478 e. The first-order chi connectivity index (χ1) is 17.5. The van der Waals surface area contributed by atoms with Gasteiger partial charge in [0, 0.05) is 11.6 Å². The van der Waals surface area contributed by atoms with Crippen molar-refractivity contribution in [3.8, 4) is 11.3 Å². The summed E-state index contributed by atoms with van der Waals surface area (Å²) in [5.41, 5.74) is 3.59. The Hall–Kier alpha value is -4.36. The standard InChI is InChI=1S/C29H22N2O4S/c1-19-16-21(28(33)34)12-14-24(19)25-15-13-23(35-25)17-26-27(32)31(18-20-8-4-2-5-9-20)29(36-26)30-22-10-6-3-7-11-22/h2-17H,18H2,1H3,(H,33,34)/b26-17-,30-29?. The lowest BCUT2D eigenvalue weighted by atomic mass is 10.0. The van der Waals surface area contributed by atoms with Crippen molar-refractivity contribution in [2.75, 3.05) is 0 Å². The molecule has 1 N–H and O–H groups in total. The normalized spacial score (nSPS) is 15.7. The van der Waals surface area contributed by atoms with E-state index in [2.05, 4.69) is 0 Å². The Morgan fingerprint density at radius 1 is 1.00 bits per heavy atom. The van der Waals surface area contributed by atoms with Gasteiger partial charge in [-0.2, -0.15) is 0 Å². The molecule has 1 saturated heterocycles. The first-order valence-corrected chi connectivity index (χ1v) is 12.1. The Labute approximate surface area is 212 Å². The summed E-state index contributed by atoms with van der Waals surface area (Å²) in [6.45, 7) is 2.25. The van der Waals surface area contributed by atoms with Crippen LogP contribution in [0.2, 0.25) is 0 Å². The molecule has 4 aromatic rings. The van der Waals surface area contributed by atoms with Gasteiger partial charge in [-0.1, -0.05) is 54.6 Å². The molecular weight excluding hydrogens is 472 g/mol. The number of aryl methyl sites for hydroxylation is 1. The number of carbonyl (C=O) groups is 2. The van der Waals surface area contributed by atoms with Gasteiger partial charge >= 0.3 is 5.97 Å². The summed E-state index contributed by atoms with van der Waals surface area (Å²) >= 11 is 1.31. The molecule has 0 bridgehead atoms. The van der Waals surface area contributed by atoms with E-state index in [0.717, 1.165) is 22.4 Å². The maximum Gasteiger partial charge on any atom is 0.335 e. The number of furan rings is 1. The first-order valence-electron chi connectivity index (χ1n) is 11.3. The molecule has 0 spiro atoms. The number of hydrogen-bond donors (Lipinski definition) is 1. The highest BCUT2D eigenvalue weighted by Crippen LogP contribution is 2.36. The molecule has 1 aromatic heterocycles. The van der Waals surface area contributed by atoms with E-state index < -0.39 is 5.97 Å². The smallest absolute Gasteiger partial charge is 0.335 e. The van der Waals surface area contributed by atoms with Crippen LogP contribution in [-0.4, -0.2) is 27.1 Å². The van der Waals surface area contributed by atoms with Gasteiger partial charge in [-0.05, 0) is 66.2 Å². The monoisotopic (exact) mass is 494 g/mol. The molecule has 1 aliphatic heterocycles. The van der Waals surface area contributed by atoms with Crippen molar-refractivity contribution < 1.29 is 19.1 Å². The highest BCUT2D eigenvalue weighted by atomic mass is 32.2. The molecule has 0 atom stereocenters. The van der Waals surface area contributed by atoms with E-state index in [0.29, 0.717) is 28.1 Å². The van der Waals surface area contributed by atoms with E-state index in [-0.39, 0.29) is 11.5 Å². The summed E-state index contributed by atoms with van der Waals surface area (Å²) in [4.78, 5) is 31.6. The predicted molar refractivity (Wildman–Crippen MR) is 142 cm³/mol. The minimum absolute atomic E-state index is 0.140. The Bertz CT molecular complexity index is 1490. The molecule has 2 heterocycles. The lowest BCUT2D eigenvalue weighted by Crippen LogP contribution is -2.28. The van der Waals surface area contributed by atoms with Crippen LogP contribution in [0.15, 0.2) is 105 Å². The Balaban J connectivity index is 1.45. The van der Waals surface area contributed by atoms with Crippen molar-refractivity contribution in [1.82, 2.24) is 4.90 Å². The molecule has 5 rings (SSSR count). The Kier molecular flexibility index (Phi) is 6.56. The molecular formula is C29H22N2O4S.